The molecule has 0 aliphatic rings. The van der Waals surface area contributed by atoms with Gasteiger partial charge in [-0.1, -0.05) is 20.8 Å². The van der Waals surface area contributed by atoms with Gasteiger partial charge < -0.3 is 10.2 Å². The number of hydrogen-bond donors (Lipinski definition) is 2. The summed E-state index contributed by atoms with van der Waals surface area (Å²) in [5.41, 5.74) is 0. The van der Waals surface area contributed by atoms with E-state index in [1.807, 2.05) is 6.07 Å². The monoisotopic (exact) mass is 333 g/mol. The Morgan fingerprint density at radius 3 is 2.48 bits per heavy atom. The zero-order valence-corrected chi connectivity index (χ0v) is 14.8. The molecule has 0 saturated heterocycles. The van der Waals surface area contributed by atoms with Gasteiger partial charge in [-0.05, 0) is 44.7 Å². The van der Waals surface area contributed by atoms with E-state index in [4.69, 9.17) is 0 Å². The SMILES string of the molecule is CCNCCc1ccc(S(=O)(=O)NCCN(CC)CC)s1. The summed E-state index contributed by atoms with van der Waals surface area (Å²) in [5.74, 6) is 0. The van der Waals surface area contributed by atoms with Gasteiger partial charge in [-0.2, -0.15) is 0 Å². The molecule has 0 bridgehead atoms. The van der Waals surface area contributed by atoms with Crippen LogP contribution in [0.4, 0.5) is 0 Å². The molecule has 0 amide bonds. The van der Waals surface area contributed by atoms with E-state index in [0.29, 0.717) is 10.8 Å². The third-order valence-corrected chi connectivity index (χ3v) is 6.41. The maximum absolute atomic E-state index is 12.2. The Morgan fingerprint density at radius 2 is 1.86 bits per heavy atom. The third kappa shape index (κ3) is 6.44. The van der Waals surface area contributed by atoms with Crippen LogP contribution in [0.25, 0.3) is 0 Å². The lowest BCUT2D eigenvalue weighted by Gasteiger charge is -2.17. The normalized spacial score (nSPS) is 12.2. The molecule has 5 nitrogen and oxygen atoms in total. The molecule has 0 aromatic carbocycles. The molecule has 0 aliphatic carbocycles. The van der Waals surface area contributed by atoms with Gasteiger partial charge in [0.25, 0.3) is 0 Å². The molecule has 0 saturated carbocycles. The molecule has 1 aromatic rings. The molecule has 0 unspecified atom stereocenters. The quantitative estimate of drug-likeness (QED) is 0.603. The van der Waals surface area contributed by atoms with Crippen LogP contribution >= 0.6 is 11.3 Å². The molecule has 1 rings (SSSR count). The van der Waals surface area contributed by atoms with Crippen LogP contribution in [0.1, 0.15) is 25.6 Å². The molecule has 7 heteroatoms. The largest absolute Gasteiger partial charge is 0.317 e. The van der Waals surface area contributed by atoms with Crippen molar-refractivity contribution in [2.24, 2.45) is 0 Å². The average Bonchev–Trinajstić information content (AvgIpc) is 2.94. The van der Waals surface area contributed by atoms with Gasteiger partial charge in [0, 0.05) is 18.0 Å². The van der Waals surface area contributed by atoms with E-state index in [0.717, 1.165) is 44.0 Å². The summed E-state index contributed by atoms with van der Waals surface area (Å²) in [6.07, 6.45) is 0.869. The molecule has 122 valence electrons. The highest BCUT2D eigenvalue weighted by molar-refractivity contribution is 7.91. The van der Waals surface area contributed by atoms with Gasteiger partial charge in [0.05, 0.1) is 0 Å². The van der Waals surface area contributed by atoms with Crippen LogP contribution in [0.2, 0.25) is 0 Å². The Kier molecular flexibility index (Phi) is 8.43. The van der Waals surface area contributed by atoms with E-state index in [9.17, 15) is 8.42 Å². The average molecular weight is 334 g/mol. The summed E-state index contributed by atoms with van der Waals surface area (Å²) in [6, 6.07) is 3.60. The Bertz CT molecular complexity index is 496. The summed E-state index contributed by atoms with van der Waals surface area (Å²) in [5, 5.41) is 3.24. The fourth-order valence-corrected chi connectivity index (χ4v) is 4.40. The Hall–Kier alpha value is -0.470. The van der Waals surface area contributed by atoms with Crippen LogP contribution in [-0.4, -0.2) is 52.6 Å². The van der Waals surface area contributed by atoms with E-state index < -0.39 is 10.0 Å². The maximum atomic E-state index is 12.2. The van der Waals surface area contributed by atoms with Gasteiger partial charge in [0.15, 0.2) is 0 Å². The third-order valence-electron chi connectivity index (χ3n) is 3.31. The maximum Gasteiger partial charge on any atom is 0.250 e. The first-order valence-corrected chi connectivity index (χ1v) is 9.84. The van der Waals surface area contributed by atoms with E-state index in [2.05, 4.69) is 35.7 Å². The fourth-order valence-electron chi connectivity index (χ4n) is 1.97. The van der Waals surface area contributed by atoms with Crippen molar-refractivity contribution in [1.29, 1.82) is 0 Å². The van der Waals surface area contributed by atoms with E-state index in [-0.39, 0.29) is 0 Å². The lowest BCUT2D eigenvalue weighted by molar-refractivity contribution is 0.309. The molecule has 21 heavy (non-hydrogen) atoms. The highest BCUT2D eigenvalue weighted by Crippen LogP contribution is 2.21. The zero-order chi connectivity index (χ0) is 15.7. The number of thiophene rings is 1. The highest BCUT2D eigenvalue weighted by Gasteiger charge is 2.16. The van der Waals surface area contributed by atoms with Crippen molar-refractivity contribution in [1.82, 2.24) is 14.9 Å². The number of sulfonamides is 1. The summed E-state index contributed by atoms with van der Waals surface area (Å²) in [6.45, 7) is 11.1. The zero-order valence-electron chi connectivity index (χ0n) is 13.2. The topological polar surface area (TPSA) is 61.4 Å². The van der Waals surface area contributed by atoms with Crippen molar-refractivity contribution >= 4 is 21.4 Å². The number of likely N-dealkylation sites (N-methyl/N-ethyl adjacent to an activating group) is 2. The summed E-state index contributed by atoms with van der Waals surface area (Å²) < 4.78 is 27.5. The van der Waals surface area contributed by atoms with Gasteiger partial charge in [-0.25, -0.2) is 13.1 Å². The van der Waals surface area contributed by atoms with Gasteiger partial charge in [-0.3, -0.25) is 0 Å². The second-order valence-electron chi connectivity index (χ2n) is 4.75. The van der Waals surface area contributed by atoms with Gasteiger partial charge in [0.2, 0.25) is 10.0 Å². The molecule has 0 atom stereocenters. The highest BCUT2D eigenvalue weighted by atomic mass is 32.2. The summed E-state index contributed by atoms with van der Waals surface area (Å²) in [4.78, 5) is 3.29. The standard InChI is InChI=1S/C14H27N3O2S2/c1-4-15-10-9-13-7-8-14(20-13)21(18,19)16-11-12-17(5-2)6-3/h7-8,15-16H,4-6,9-12H2,1-3H3. The van der Waals surface area contributed by atoms with Crippen molar-refractivity contribution in [2.75, 3.05) is 39.3 Å². The van der Waals surface area contributed by atoms with E-state index in [1.54, 1.807) is 6.07 Å². The van der Waals surface area contributed by atoms with Gasteiger partial charge in [0.1, 0.15) is 4.21 Å². The molecular formula is C14H27N3O2S2. The molecule has 0 aliphatic heterocycles. The minimum Gasteiger partial charge on any atom is -0.317 e. The molecule has 1 aromatic heterocycles. The lowest BCUT2D eigenvalue weighted by Crippen LogP contribution is -2.34. The second-order valence-corrected chi connectivity index (χ2v) is 7.91. The van der Waals surface area contributed by atoms with Crippen molar-refractivity contribution < 1.29 is 8.42 Å². The molecular weight excluding hydrogens is 306 g/mol. The van der Waals surface area contributed by atoms with E-state index >= 15 is 0 Å². The van der Waals surface area contributed by atoms with Crippen LogP contribution in [0.15, 0.2) is 16.3 Å². The van der Waals surface area contributed by atoms with Crippen molar-refractivity contribution in [3.8, 4) is 0 Å². The predicted octanol–water partition coefficient (Wildman–Crippen LogP) is 1.52. The van der Waals surface area contributed by atoms with Crippen LogP contribution < -0.4 is 10.0 Å². The Balaban J connectivity index is 2.50. The van der Waals surface area contributed by atoms with Crippen LogP contribution in [0.3, 0.4) is 0 Å². The van der Waals surface area contributed by atoms with Crippen LogP contribution in [0.5, 0.6) is 0 Å². The van der Waals surface area contributed by atoms with Crippen molar-refractivity contribution in [3.05, 3.63) is 17.0 Å². The smallest absolute Gasteiger partial charge is 0.250 e. The summed E-state index contributed by atoms with van der Waals surface area (Å²) in [7, 11) is -3.36. The van der Waals surface area contributed by atoms with Crippen molar-refractivity contribution in [2.45, 2.75) is 31.4 Å². The first-order valence-electron chi connectivity index (χ1n) is 7.54. The number of nitrogens with zero attached hydrogens (tertiary/aromatic N) is 1. The first-order chi connectivity index (χ1) is 10.0. The molecule has 0 spiro atoms. The minimum atomic E-state index is -3.36. The molecule has 2 N–H and O–H groups in total. The predicted molar refractivity (Wildman–Crippen MR) is 89.5 cm³/mol. The number of nitrogens with one attached hydrogen (secondary N) is 2. The second kappa shape index (κ2) is 9.53. The fraction of sp³-hybridized carbons (Fsp3) is 0.714. The van der Waals surface area contributed by atoms with Crippen molar-refractivity contribution in [3.63, 3.8) is 0 Å². The molecule has 0 fully saturated rings. The Labute approximate surface area is 132 Å². The Morgan fingerprint density at radius 1 is 1.14 bits per heavy atom. The first kappa shape index (κ1) is 18.6. The van der Waals surface area contributed by atoms with Crippen LogP contribution in [-0.2, 0) is 16.4 Å². The number of rotatable bonds is 11. The van der Waals surface area contributed by atoms with Gasteiger partial charge >= 0.3 is 0 Å². The van der Waals surface area contributed by atoms with E-state index in [1.165, 1.54) is 11.3 Å². The molecule has 0 radical (unpaired) electrons. The summed E-state index contributed by atoms with van der Waals surface area (Å²) >= 11 is 1.36. The lowest BCUT2D eigenvalue weighted by atomic mass is 10.3. The van der Waals surface area contributed by atoms with Gasteiger partial charge in [-0.15, -0.1) is 11.3 Å². The minimum absolute atomic E-state index is 0.411. The number of hydrogen-bond acceptors (Lipinski definition) is 5. The van der Waals surface area contributed by atoms with Crippen LogP contribution in [0, 0.1) is 0 Å². The molecule has 1 heterocycles.